The zero-order valence-electron chi connectivity index (χ0n) is 13.7. The van der Waals surface area contributed by atoms with Crippen LogP contribution in [0.15, 0.2) is 61.2 Å². The van der Waals surface area contributed by atoms with Crippen LogP contribution in [0.3, 0.4) is 0 Å². The van der Waals surface area contributed by atoms with Crippen molar-refractivity contribution in [1.82, 2.24) is 4.90 Å². The predicted molar refractivity (Wildman–Crippen MR) is 99.9 cm³/mol. The van der Waals surface area contributed by atoms with Crippen molar-refractivity contribution in [2.24, 2.45) is 0 Å². The predicted octanol–water partition coefficient (Wildman–Crippen LogP) is 4.39. The average Bonchev–Trinajstić information content (AvgIpc) is 3.14. The first-order valence-electron chi connectivity index (χ1n) is 8.33. The molecule has 0 N–H and O–H groups in total. The highest BCUT2D eigenvalue weighted by atomic mass is 35.5. The summed E-state index contributed by atoms with van der Waals surface area (Å²) in [7, 11) is 0. The maximum atomic E-state index is 12.4. The number of hydrogen-bond donors (Lipinski definition) is 0. The van der Waals surface area contributed by atoms with Gasteiger partial charge in [-0.1, -0.05) is 54.6 Å². The van der Waals surface area contributed by atoms with Crippen LogP contribution < -0.4 is 0 Å². The van der Waals surface area contributed by atoms with Crippen molar-refractivity contribution in [3.8, 4) is 0 Å². The molecule has 0 radical (unpaired) electrons. The molecule has 0 saturated heterocycles. The molecule has 4 rings (SSSR count). The summed E-state index contributed by atoms with van der Waals surface area (Å²) in [6.45, 7) is 4.77. The molecule has 1 atom stereocenters. The van der Waals surface area contributed by atoms with Gasteiger partial charge in [0.05, 0.1) is 0 Å². The van der Waals surface area contributed by atoms with Gasteiger partial charge < -0.3 is 0 Å². The van der Waals surface area contributed by atoms with Gasteiger partial charge in [-0.25, -0.2) is 0 Å². The van der Waals surface area contributed by atoms with Gasteiger partial charge in [0.25, 0.3) is 0 Å². The SMILES string of the molecule is C=CCN(C1Cc2ccccc2C1)C1CC(=O)c2ccccc21.Cl. The Bertz CT molecular complexity index is 745. The van der Waals surface area contributed by atoms with Crippen LogP contribution in [0, 0.1) is 0 Å². The summed E-state index contributed by atoms with van der Waals surface area (Å²) < 4.78 is 0. The Labute approximate surface area is 149 Å². The highest BCUT2D eigenvalue weighted by Crippen LogP contribution is 2.39. The molecule has 0 spiro atoms. The van der Waals surface area contributed by atoms with Crippen molar-refractivity contribution in [3.63, 3.8) is 0 Å². The van der Waals surface area contributed by atoms with Crippen LogP contribution in [0.1, 0.15) is 39.5 Å². The van der Waals surface area contributed by atoms with Crippen LogP contribution >= 0.6 is 12.4 Å². The van der Waals surface area contributed by atoms with Gasteiger partial charge in [0.2, 0.25) is 0 Å². The minimum atomic E-state index is 0. The number of fused-ring (bicyclic) bond motifs is 2. The summed E-state index contributed by atoms with van der Waals surface area (Å²) in [4.78, 5) is 14.8. The standard InChI is InChI=1S/C21H21NO.ClH/c1-2-11-22(17-12-15-7-3-4-8-16(15)13-17)20-14-21(23)19-10-6-5-9-18(19)20;/h2-10,17,20H,1,11-14H2;1H. The van der Waals surface area contributed by atoms with Crippen molar-refractivity contribution in [2.75, 3.05) is 6.54 Å². The van der Waals surface area contributed by atoms with E-state index in [9.17, 15) is 4.79 Å². The van der Waals surface area contributed by atoms with Gasteiger partial charge in [0, 0.05) is 30.6 Å². The van der Waals surface area contributed by atoms with E-state index >= 15 is 0 Å². The molecule has 24 heavy (non-hydrogen) atoms. The van der Waals surface area contributed by atoms with E-state index in [2.05, 4.69) is 41.8 Å². The van der Waals surface area contributed by atoms with E-state index in [1.54, 1.807) is 0 Å². The number of carbonyl (C=O) groups excluding carboxylic acids is 1. The highest BCUT2D eigenvalue weighted by molar-refractivity contribution is 6.01. The van der Waals surface area contributed by atoms with Gasteiger partial charge in [-0.05, 0) is 29.5 Å². The topological polar surface area (TPSA) is 20.3 Å². The number of carbonyl (C=O) groups is 1. The number of hydrogen-bond acceptors (Lipinski definition) is 2. The minimum Gasteiger partial charge on any atom is -0.294 e. The maximum Gasteiger partial charge on any atom is 0.165 e. The Hall–Kier alpha value is -1.90. The van der Waals surface area contributed by atoms with Gasteiger partial charge in [0.15, 0.2) is 5.78 Å². The second kappa shape index (κ2) is 6.92. The van der Waals surface area contributed by atoms with E-state index in [1.165, 1.54) is 16.7 Å². The van der Waals surface area contributed by atoms with Crippen LogP contribution in [0.2, 0.25) is 0 Å². The minimum absolute atomic E-state index is 0. The number of Topliss-reactive ketones (excluding diaryl/α,β-unsaturated/α-hetero) is 1. The first kappa shape index (κ1) is 16.9. The quantitative estimate of drug-likeness (QED) is 0.770. The molecule has 2 aliphatic carbocycles. The normalized spacial score (nSPS) is 19.0. The maximum absolute atomic E-state index is 12.4. The molecule has 1 unspecified atom stereocenters. The van der Waals surface area contributed by atoms with E-state index in [0.717, 1.165) is 24.9 Å². The third-order valence-electron chi connectivity index (χ3n) is 5.24. The molecule has 0 saturated carbocycles. The molecule has 0 amide bonds. The number of halogens is 1. The Balaban J connectivity index is 0.00000169. The molecule has 124 valence electrons. The van der Waals surface area contributed by atoms with Gasteiger partial charge in [-0.3, -0.25) is 9.69 Å². The van der Waals surface area contributed by atoms with E-state index < -0.39 is 0 Å². The fourth-order valence-corrected chi connectivity index (χ4v) is 4.18. The van der Waals surface area contributed by atoms with Crippen LogP contribution in [-0.4, -0.2) is 23.3 Å². The molecule has 0 heterocycles. The molecular weight excluding hydrogens is 318 g/mol. The number of nitrogens with zero attached hydrogens (tertiary/aromatic N) is 1. The van der Waals surface area contributed by atoms with Crippen LogP contribution in [-0.2, 0) is 12.8 Å². The molecule has 2 aromatic rings. The first-order valence-corrected chi connectivity index (χ1v) is 8.33. The third-order valence-corrected chi connectivity index (χ3v) is 5.24. The van der Waals surface area contributed by atoms with Crippen molar-refractivity contribution in [3.05, 3.63) is 83.4 Å². The fourth-order valence-electron chi connectivity index (χ4n) is 4.18. The molecule has 0 aliphatic heterocycles. The van der Waals surface area contributed by atoms with Crippen LogP contribution in [0.5, 0.6) is 0 Å². The van der Waals surface area contributed by atoms with Crippen LogP contribution in [0.25, 0.3) is 0 Å². The molecular formula is C21H22ClNO. The lowest BCUT2D eigenvalue weighted by molar-refractivity contribution is 0.0931. The van der Waals surface area contributed by atoms with Crippen molar-refractivity contribution >= 4 is 18.2 Å². The molecule has 0 aromatic heterocycles. The van der Waals surface area contributed by atoms with E-state index in [-0.39, 0.29) is 24.2 Å². The molecule has 2 nitrogen and oxygen atoms in total. The molecule has 2 aromatic carbocycles. The lowest BCUT2D eigenvalue weighted by Crippen LogP contribution is -2.38. The fraction of sp³-hybridized carbons (Fsp3) is 0.286. The van der Waals surface area contributed by atoms with Gasteiger partial charge in [-0.2, -0.15) is 0 Å². The Morgan fingerprint density at radius 2 is 1.62 bits per heavy atom. The van der Waals surface area contributed by atoms with Gasteiger partial charge in [-0.15, -0.1) is 19.0 Å². The summed E-state index contributed by atoms with van der Waals surface area (Å²) in [5, 5.41) is 0. The summed E-state index contributed by atoms with van der Waals surface area (Å²) >= 11 is 0. The van der Waals surface area contributed by atoms with Crippen molar-refractivity contribution in [2.45, 2.75) is 31.3 Å². The van der Waals surface area contributed by atoms with Gasteiger partial charge >= 0.3 is 0 Å². The van der Waals surface area contributed by atoms with Crippen molar-refractivity contribution < 1.29 is 4.79 Å². The monoisotopic (exact) mass is 339 g/mol. The lowest BCUT2D eigenvalue weighted by atomic mass is 10.0. The zero-order chi connectivity index (χ0) is 15.8. The summed E-state index contributed by atoms with van der Waals surface area (Å²) in [5.41, 5.74) is 4.99. The zero-order valence-corrected chi connectivity index (χ0v) is 14.5. The van der Waals surface area contributed by atoms with Gasteiger partial charge in [0.1, 0.15) is 0 Å². The van der Waals surface area contributed by atoms with Crippen molar-refractivity contribution in [1.29, 1.82) is 0 Å². The van der Waals surface area contributed by atoms with E-state index in [0.29, 0.717) is 12.5 Å². The molecule has 0 fully saturated rings. The molecule has 0 bridgehead atoms. The summed E-state index contributed by atoms with van der Waals surface area (Å²) in [6.07, 6.45) is 4.70. The summed E-state index contributed by atoms with van der Waals surface area (Å²) in [5.74, 6) is 0.273. The van der Waals surface area contributed by atoms with Crippen LogP contribution in [0.4, 0.5) is 0 Å². The third kappa shape index (κ3) is 2.81. The van der Waals surface area contributed by atoms with E-state index in [4.69, 9.17) is 0 Å². The average molecular weight is 340 g/mol. The highest BCUT2D eigenvalue weighted by Gasteiger charge is 2.37. The Morgan fingerprint density at radius 1 is 1.00 bits per heavy atom. The lowest BCUT2D eigenvalue weighted by Gasteiger charge is -2.33. The first-order chi connectivity index (χ1) is 11.3. The summed E-state index contributed by atoms with van der Waals surface area (Å²) in [6, 6.07) is 17.4. The molecule has 3 heteroatoms. The smallest absolute Gasteiger partial charge is 0.165 e. The van der Waals surface area contributed by atoms with E-state index in [1.807, 2.05) is 24.3 Å². The second-order valence-corrected chi connectivity index (χ2v) is 6.55. The largest absolute Gasteiger partial charge is 0.294 e. The Morgan fingerprint density at radius 3 is 2.29 bits per heavy atom. The molecule has 2 aliphatic rings. The number of benzene rings is 2. The number of rotatable bonds is 4. The Kier molecular flexibility index (Phi) is 4.88. The second-order valence-electron chi connectivity index (χ2n) is 6.55. The number of ketones is 1.